The van der Waals surface area contributed by atoms with Gasteiger partial charge in [-0.05, 0) is 24.3 Å². The maximum absolute atomic E-state index is 12.6. The summed E-state index contributed by atoms with van der Waals surface area (Å²) < 4.78 is 0. The molecule has 0 saturated heterocycles. The van der Waals surface area contributed by atoms with Gasteiger partial charge in [0.1, 0.15) is 22.9 Å². The number of hydrogen-bond acceptors (Lipinski definition) is 5. The largest absolute Gasteiger partial charge is 0.506 e. The van der Waals surface area contributed by atoms with Gasteiger partial charge in [-0.3, -0.25) is 4.79 Å². The van der Waals surface area contributed by atoms with E-state index in [1.54, 1.807) is 54.6 Å². The Morgan fingerprint density at radius 1 is 0.708 bits per heavy atom. The van der Waals surface area contributed by atoms with Gasteiger partial charge in [0.15, 0.2) is 5.78 Å². The lowest BCUT2D eigenvalue weighted by atomic mass is 10.0. The van der Waals surface area contributed by atoms with E-state index < -0.39 is 0 Å². The smallest absolute Gasteiger partial charge is 0.195 e. The molecule has 0 heterocycles. The molecule has 0 aliphatic rings. The first kappa shape index (κ1) is 15.4. The molecule has 0 bridgehead atoms. The fraction of sp³-hybridized carbons (Fsp3) is 0. The molecular weight excluding hydrogens is 304 g/mol. The molecule has 0 radical (unpaired) electrons. The Balaban J connectivity index is 2.03. The first-order valence-electron chi connectivity index (χ1n) is 7.28. The summed E-state index contributed by atoms with van der Waals surface area (Å²) >= 11 is 0. The number of azo groups is 1. The van der Waals surface area contributed by atoms with Crippen molar-refractivity contribution < 1.29 is 15.0 Å². The van der Waals surface area contributed by atoms with Crippen LogP contribution in [0.5, 0.6) is 11.5 Å². The highest BCUT2D eigenvalue weighted by atomic mass is 16.3. The van der Waals surface area contributed by atoms with Gasteiger partial charge in [-0.1, -0.05) is 48.5 Å². The molecule has 0 spiro atoms. The molecule has 5 heteroatoms. The van der Waals surface area contributed by atoms with Crippen LogP contribution in [0.25, 0.3) is 0 Å². The highest BCUT2D eigenvalue weighted by molar-refractivity contribution is 6.12. The maximum atomic E-state index is 12.6. The molecule has 118 valence electrons. The zero-order chi connectivity index (χ0) is 16.9. The van der Waals surface area contributed by atoms with Crippen molar-refractivity contribution in [3.05, 3.63) is 83.9 Å². The molecular formula is C19H14N2O3. The minimum atomic E-state index is -0.266. The van der Waals surface area contributed by atoms with E-state index in [4.69, 9.17) is 0 Å². The Morgan fingerprint density at radius 3 is 2.12 bits per heavy atom. The van der Waals surface area contributed by atoms with Crippen LogP contribution in [0, 0.1) is 0 Å². The Labute approximate surface area is 138 Å². The number of para-hydroxylation sites is 1. The Kier molecular flexibility index (Phi) is 4.34. The van der Waals surface area contributed by atoms with Crippen molar-refractivity contribution in [2.45, 2.75) is 0 Å². The zero-order valence-corrected chi connectivity index (χ0v) is 12.6. The van der Waals surface area contributed by atoms with Gasteiger partial charge in [-0.15, -0.1) is 10.2 Å². The van der Waals surface area contributed by atoms with Crippen molar-refractivity contribution in [1.29, 1.82) is 0 Å². The monoisotopic (exact) mass is 318 g/mol. The standard InChI is InChI=1S/C19H14N2O3/c22-16-11-5-4-10-15(16)20-21-18-14(9-6-12-17(18)23)19(24)13-7-2-1-3-8-13/h1-12,22-23H. The summed E-state index contributed by atoms with van der Waals surface area (Å²) in [5, 5.41) is 27.7. The van der Waals surface area contributed by atoms with Crippen LogP contribution in [0.15, 0.2) is 83.0 Å². The summed E-state index contributed by atoms with van der Waals surface area (Å²) in [4.78, 5) is 12.6. The van der Waals surface area contributed by atoms with Crippen LogP contribution < -0.4 is 0 Å². The van der Waals surface area contributed by atoms with E-state index in [0.717, 1.165) is 0 Å². The number of phenols is 2. The van der Waals surface area contributed by atoms with Crippen molar-refractivity contribution in [3.8, 4) is 11.5 Å². The predicted octanol–water partition coefficient (Wildman–Crippen LogP) is 4.74. The molecule has 3 rings (SSSR count). The lowest BCUT2D eigenvalue weighted by Crippen LogP contribution is -2.01. The van der Waals surface area contributed by atoms with Gasteiger partial charge >= 0.3 is 0 Å². The number of aromatic hydroxyl groups is 2. The van der Waals surface area contributed by atoms with E-state index >= 15 is 0 Å². The van der Waals surface area contributed by atoms with Gasteiger partial charge < -0.3 is 10.2 Å². The number of ketones is 1. The summed E-state index contributed by atoms with van der Waals surface area (Å²) in [6.07, 6.45) is 0. The van der Waals surface area contributed by atoms with Crippen molar-refractivity contribution in [2.75, 3.05) is 0 Å². The van der Waals surface area contributed by atoms with Crippen LogP contribution in [-0.4, -0.2) is 16.0 Å². The first-order valence-corrected chi connectivity index (χ1v) is 7.28. The topological polar surface area (TPSA) is 82.2 Å². The quantitative estimate of drug-likeness (QED) is 0.538. The molecule has 0 aliphatic heterocycles. The molecule has 0 aliphatic carbocycles. The van der Waals surface area contributed by atoms with E-state index in [1.807, 2.05) is 6.07 Å². The van der Waals surface area contributed by atoms with Crippen LogP contribution in [0.1, 0.15) is 15.9 Å². The van der Waals surface area contributed by atoms with E-state index in [-0.39, 0.29) is 34.2 Å². The van der Waals surface area contributed by atoms with E-state index in [2.05, 4.69) is 10.2 Å². The van der Waals surface area contributed by atoms with Crippen molar-refractivity contribution in [3.63, 3.8) is 0 Å². The van der Waals surface area contributed by atoms with Gasteiger partial charge in [-0.2, -0.15) is 0 Å². The second-order valence-electron chi connectivity index (χ2n) is 5.06. The normalized spacial score (nSPS) is 10.8. The average Bonchev–Trinajstić information content (AvgIpc) is 2.62. The molecule has 5 nitrogen and oxygen atoms in total. The summed E-state index contributed by atoms with van der Waals surface area (Å²) in [5.41, 5.74) is 1.04. The summed E-state index contributed by atoms with van der Waals surface area (Å²) in [7, 11) is 0. The second kappa shape index (κ2) is 6.75. The fourth-order valence-electron chi connectivity index (χ4n) is 2.22. The number of carbonyl (C=O) groups excluding carboxylic acids is 1. The summed E-state index contributed by atoms with van der Waals surface area (Å²) in [5.74, 6) is -0.457. The summed E-state index contributed by atoms with van der Waals surface area (Å²) in [6.45, 7) is 0. The van der Waals surface area contributed by atoms with Crippen LogP contribution in [-0.2, 0) is 0 Å². The number of nitrogens with zero attached hydrogens (tertiary/aromatic N) is 2. The third kappa shape index (κ3) is 3.15. The lowest BCUT2D eigenvalue weighted by Gasteiger charge is -2.06. The molecule has 24 heavy (non-hydrogen) atoms. The van der Waals surface area contributed by atoms with Crippen LogP contribution in [0.4, 0.5) is 11.4 Å². The zero-order valence-electron chi connectivity index (χ0n) is 12.6. The van der Waals surface area contributed by atoms with Crippen molar-refractivity contribution in [1.82, 2.24) is 0 Å². The molecule has 0 aromatic heterocycles. The van der Waals surface area contributed by atoms with Gasteiger partial charge in [0.2, 0.25) is 0 Å². The molecule has 0 fully saturated rings. The number of hydrogen-bond donors (Lipinski definition) is 2. The van der Waals surface area contributed by atoms with Gasteiger partial charge in [0.05, 0.1) is 5.56 Å². The molecule has 0 saturated carbocycles. The minimum Gasteiger partial charge on any atom is -0.506 e. The third-order valence-electron chi connectivity index (χ3n) is 3.43. The predicted molar refractivity (Wildman–Crippen MR) is 90.3 cm³/mol. The number of phenolic OH excluding ortho intramolecular Hbond substituents is 2. The van der Waals surface area contributed by atoms with Crippen molar-refractivity contribution in [2.24, 2.45) is 10.2 Å². The van der Waals surface area contributed by atoms with Crippen LogP contribution in [0.3, 0.4) is 0 Å². The van der Waals surface area contributed by atoms with E-state index in [0.29, 0.717) is 5.56 Å². The SMILES string of the molecule is O=C(c1ccccc1)c1cccc(O)c1N=Nc1ccccc1O. The van der Waals surface area contributed by atoms with Crippen LogP contribution in [0.2, 0.25) is 0 Å². The molecule has 0 atom stereocenters. The Bertz CT molecular complexity index is 905. The highest BCUT2D eigenvalue weighted by Gasteiger charge is 2.16. The molecule has 2 N–H and O–H groups in total. The van der Waals surface area contributed by atoms with Crippen LogP contribution >= 0.6 is 0 Å². The first-order chi connectivity index (χ1) is 11.7. The Morgan fingerprint density at radius 2 is 1.38 bits per heavy atom. The molecule has 3 aromatic rings. The van der Waals surface area contributed by atoms with Gasteiger partial charge in [-0.25, -0.2) is 0 Å². The Hall–Kier alpha value is -3.47. The van der Waals surface area contributed by atoms with E-state index in [1.165, 1.54) is 12.1 Å². The molecule has 0 amide bonds. The number of rotatable bonds is 4. The average molecular weight is 318 g/mol. The minimum absolute atomic E-state index is 0.0346. The molecule has 3 aromatic carbocycles. The van der Waals surface area contributed by atoms with Crippen molar-refractivity contribution >= 4 is 17.2 Å². The van der Waals surface area contributed by atoms with Gasteiger partial charge in [0.25, 0.3) is 0 Å². The number of carbonyl (C=O) groups is 1. The third-order valence-corrected chi connectivity index (χ3v) is 3.43. The fourth-order valence-corrected chi connectivity index (χ4v) is 2.22. The number of benzene rings is 3. The second-order valence-corrected chi connectivity index (χ2v) is 5.06. The van der Waals surface area contributed by atoms with Gasteiger partial charge in [0, 0.05) is 5.56 Å². The molecule has 0 unspecified atom stereocenters. The maximum Gasteiger partial charge on any atom is 0.195 e. The van der Waals surface area contributed by atoms with E-state index in [9.17, 15) is 15.0 Å². The lowest BCUT2D eigenvalue weighted by molar-refractivity contribution is 0.103. The highest BCUT2D eigenvalue weighted by Crippen LogP contribution is 2.34. The summed E-state index contributed by atoms with van der Waals surface area (Å²) in [6, 6.07) is 19.7.